The van der Waals surface area contributed by atoms with E-state index in [1.54, 1.807) is 33.8 Å². The molecule has 8 nitrogen and oxygen atoms in total. The number of aliphatic hydroxyl groups is 2. The molecule has 2 N–H and O–H groups in total. The standard InChI is InChI=1S/C28H40O8/c1-14-10-19-26(32,21(14)30)12-17(13-35-23(31)24(4,5)6)11-18-20-25(7,8)28(20,36-16(3)29)22(34-9)15(2)27(18,19)33/h10-11,14-15,18,20,22,32-33H,12-13H2,1-9H3/t14?,15-,18+,20-,22-,26-,27-,28?/m1/s1. The summed E-state index contributed by atoms with van der Waals surface area (Å²) in [7, 11) is 1.52. The predicted octanol–water partition coefficient (Wildman–Crippen LogP) is 2.75. The van der Waals surface area contributed by atoms with Crippen LogP contribution in [0, 0.1) is 34.5 Å². The molecule has 36 heavy (non-hydrogen) atoms. The third kappa shape index (κ3) is 3.33. The number of fused-ring (bicyclic) bond motifs is 5. The van der Waals surface area contributed by atoms with Crippen LogP contribution >= 0.6 is 0 Å². The van der Waals surface area contributed by atoms with Crippen molar-refractivity contribution in [2.45, 2.75) is 84.7 Å². The molecule has 8 heteroatoms. The molecule has 4 aliphatic rings. The molecule has 0 aromatic carbocycles. The van der Waals surface area contributed by atoms with E-state index in [4.69, 9.17) is 14.2 Å². The molecular weight excluding hydrogens is 464 g/mol. The molecule has 0 amide bonds. The Labute approximate surface area is 213 Å². The lowest BCUT2D eigenvalue weighted by Gasteiger charge is -2.51. The van der Waals surface area contributed by atoms with Crippen molar-refractivity contribution in [2.24, 2.45) is 34.5 Å². The molecule has 0 spiro atoms. The van der Waals surface area contributed by atoms with E-state index in [0.29, 0.717) is 5.57 Å². The third-order valence-electron chi connectivity index (χ3n) is 9.18. The van der Waals surface area contributed by atoms with Crippen LogP contribution in [0.5, 0.6) is 0 Å². The van der Waals surface area contributed by atoms with E-state index in [0.717, 1.165) is 0 Å². The Kier molecular flexibility index (Phi) is 5.99. The predicted molar refractivity (Wildman–Crippen MR) is 130 cm³/mol. The van der Waals surface area contributed by atoms with Gasteiger partial charge in [0.1, 0.15) is 23.9 Å². The first-order valence-electron chi connectivity index (χ1n) is 12.7. The van der Waals surface area contributed by atoms with Gasteiger partial charge in [-0.1, -0.05) is 39.8 Å². The molecule has 0 heterocycles. The molecule has 2 fully saturated rings. The van der Waals surface area contributed by atoms with Crippen molar-refractivity contribution >= 4 is 17.7 Å². The molecule has 0 aromatic heterocycles. The summed E-state index contributed by atoms with van der Waals surface area (Å²) in [5.74, 6) is -3.44. The SMILES string of the molecule is CO[C@@H]1[C@@H](C)[C@]2(O)C3=CC(C)C(=O)[C@@]3(O)CC(COC(=O)C(C)(C)C)=C[C@H]2[C@@H]2C(C)(C)C12OC(C)=O. The smallest absolute Gasteiger partial charge is 0.311 e. The van der Waals surface area contributed by atoms with Gasteiger partial charge in [0.05, 0.1) is 5.41 Å². The summed E-state index contributed by atoms with van der Waals surface area (Å²) in [5, 5.41) is 24.4. The van der Waals surface area contributed by atoms with E-state index in [9.17, 15) is 24.6 Å². The van der Waals surface area contributed by atoms with Gasteiger partial charge in [0.25, 0.3) is 0 Å². The zero-order valence-corrected chi connectivity index (χ0v) is 22.8. The number of carbonyl (C=O) groups is 3. The van der Waals surface area contributed by atoms with Crippen molar-refractivity contribution in [1.29, 1.82) is 0 Å². The van der Waals surface area contributed by atoms with Crippen LogP contribution in [-0.2, 0) is 28.6 Å². The lowest BCUT2D eigenvalue weighted by molar-refractivity contribution is -0.197. The zero-order chi connectivity index (χ0) is 27.2. The number of allylic oxidation sites excluding steroid dienone is 1. The molecule has 4 aliphatic carbocycles. The van der Waals surface area contributed by atoms with Crippen molar-refractivity contribution < 1.29 is 38.8 Å². The van der Waals surface area contributed by atoms with E-state index in [2.05, 4.69) is 0 Å². The molecule has 8 atom stereocenters. The lowest BCUT2D eigenvalue weighted by atomic mass is 9.61. The summed E-state index contributed by atoms with van der Waals surface area (Å²) < 4.78 is 17.5. The minimum atomic E-state index is -1.93. The summed E-state index contributed by atoms with van der Waals surface area (Å²) in [4.78, 5) is 38.1. The average molecular weight is 505 g/mol. The highest BCUT2D eigenvalue weighted by Crippen LogP contribution is 2.76. The van der Waals surface area contributed by atoms with Gasteiger partial charge in [-0.25, -0.2) is 0 Å². The highest BCUT2D eigenvalue weighted by Gasteiger charge is 2.86. The van der Waals surface area contributed by atoms with Gasteiger partial charge in [-0.05, 0) is 31.9 Å². The molecule has 0 bridgehead atoms. The summed E-state index contributed by atoms with van der Waals surface area (Å²) in [6.45, 7) is 14.0. The van der Waals surface area contributed by atoms with Crippen molar-refractivity contribution in [1.82, 2.24) is 0 Å². The van der Waals surface area contributed by atoms with E-state index in [1.165, 1.54) is 14.0 Å². The van der Waals surface area contributed by atoms with Crippen LogP contribution in [0.4, 0.5) is 0 Å². The van der Waals surface area contributed by atoms with Gasteiger partial charge in [-0.3, -0.25) is 14.4 Å². The van der Waals surface area contributed by atoms with Crippen molar-refractivity contribution in [3.63, 3.8) is 0 Å². The van der Waals surface area contributed by atoms with Crippen LogP contribution in [0.2, 0.25) is 0 Å². The highest BCUT2D eigenvalue weighted by molar-refractivity contribution is 5.98. The molecule has 0 radical (unpaired) electrons. The van der Waals surface area contributed by atoms with Gasteiger partial charge >= 0.3 is 11.9 Å². The summed E-state index contributed by atoms with van der Waals surface area (Å²) in [6.07, 6.45) is 2.75. The van der Waals surface area contributed by atoms with Crippen LogP contribution in [0.25, 0.3) is 0 Å². The Morgan fingerprint density at radius 1 is 1.14 bits per heavy atom. The molecule has 0 aliphatic heterocycles. The summed E-state index contributed by atoms with van der Waals surface area (Å²) in [5.41, 5.74) is -5.05. The fourth-order valence-electron chi connectivity index (χ4n) is 7.47. The van der Waals surface area contributed by atoms with E-state index in [1.807, 2.05) is 26.8 Å². The van der Waals surface area contributed by atoms with Crippen molar-refractivity contribution in [3.8, 4) is 0 Å². The maximum absolute atomic E-state index is 13.3. The van der Waals surface area contributed by atoms with Gasteiger partial charge in [0.2, 0.25) is 0 Å². The molecule has 2 unspecified atom stereocenters. The quantitative estimate of drug-likeness (QED) is 0.443. The average Bonchev–Trinajstić information content (AvgIpc) is 3.17. The fraction of sp³-hybridized carbons (Fsp3) is 0.750. The first kappa shape index (κ1) is 27.0. The fourth-order valence-corrected chi connectivity index (χ4v) is 7.47. The highest BCUT2D eigenvalue weighted by atomic mass is 16.6. The van der Waals surface area contributed by atoms with E-state index >= 15 is 0 Å². The monoisotopic (exact) mass is 504 g/mol. The number of Topliss-reactive ketones (excluding diaryl/α,β-unsaturated/α-hetero) is 1. The van der Waals surface area contributed by atoms with Crippen LogP contribution in [0.15, 0.2) is 23.3 Å². The largest absolute Gasteiger partial charge is 0.461 e. The number of rotatable bonds is 4. The maximum atomic E-state index is 13.3. The number of ketones is 1. The molecule has 0 aromatic rings. The number of methoxy groups -OCH3 is 1. The van der Waals surface area contributed by atoms with E-state index in [-0.39, 0.29) is 24.5 Å². The second-order valence-corrected chi connectivity index (χ2v) is 12.8. The van der Waals surface area contributed by atoms with Crippen LogP contribution < -0.4 is 0 Å². The normalized spacial score (nSPS) is 42.8. The summed E-state index contributed by atoms with van der Waals surface area (Å²) >= 11 is 0. The number of esters is 2. The minimum absolute atomic E-state index is 0.0870. The molecule has 0 saturated heterocycles. The Morgan fingerprint density at radius 2 is 1.75 bits per heavy atom. The third-order valence-corrected chi connectivity index (χ3v) is 9.18. The Hall–Kier alpha value is -2.03. The molecule has 4 rings (SSSR count). The van der Waals surface area contributed by atoms with Gasteiger partial charge in [-0.15, -0.1) is 0 Å². The Morgan fingerprint density at radius 3 is 2.28 bits per heavy atom. The molecule has 2 saturated carbocycles. The van der Waals surface area contributed by atoms with Crippen LogP contribution in [0.1, 0.15) is 61.8 Å². The maximum Gasteiger partial charge on any atom is 0.311 e. The second-order valence-electron chi connectivity index (χ2n) is 12.8. The summed E-state index contributed by atoms with van der Waals surface area (Å²) in [6, 6.07) is 0. The Balaban J connectivity index is 1.89. The van der Waals surface area contributed by atoms with E-state index < -0.39 is 69.2 Å². The second kappa shape index (κ2) is 7.98. The van der Waals surface area contributed by atoms with Gasteiger partial charge in [-0.2, -0.15) is 0 Å². The number of ether oxygens (including phenoxy) is 3. The van der Waals surface area contributed by atoms with Crippen LogP contribution in [0.3, 0.4) is 0 Å². The number of hydrogen-bond donors (Lipinski definition) is 2. The lowest BCUT2D eigenvalue weighted by Crippen LogP contribution is -2.63. The first-order valence-corrected chi connectivity index (χ1v) is 12.7. The first-order chi connectivity index (χ1) is 16.4. The minimum Gasteiger partial charge on any atom is -0.461 e. The van der Waals surface area contributed by atoms with Gasteiger partial charge in [0.15, 0.2) is 11.4 Å². The molecule has 200 valence electrons. The molecular formula is C28H40O8. The number of hydrogen-bond acceptors (Lipinski definition) is 8. The van der Waals surface area contributed by atoms with Crippen molar-refractivity contribution in [2.75, 3.05) is 13.7 Å². The zero-order valence-electron chi connectivity index (χ0n) is 22.8. The topological polar surface area (TPSA) is 119 Å². The number of carbonyl (C=O) groups excluding carboxylic acids is 3. The van der Waals surface area contributed by atoms with Crippen molar-refractivity contribution in [3.05, 3.63) is 23.3 Å². The Bertz CT molecular complexity index is 1060. The van der Waals surface area contributed by atoms with Crippen LogP contribution in [-0.4, -0.2) is 64.6 Å². The van der Waals surface area contributed by atoms with Gasteiger partial charge in [0, 0.05) is 49.5 Å². The van der Waals surface area contributed by atoms with Gasteiger partial charge < -0.3 is 24.4 Å².